The Morgan fingerprint density at radius 1 is 0.929 bits per heavy atom. The number of cyclic esters (lactones) is 1. The van der Waals surface area contributed by atoms with Gasteiger partial charge in [-0.05, 0) is 56.3 Å². The first-order chi connectivity index (χ1) is 33.2. The van der Waals surface area contributed by atoms with E-state index in [4.69, 9.17) is 14.5 Å². The van der Waals surface area contributed by atoms with Crippen molar-refractivity contribution in [2.24, 2.45) is 5.92 Å². The minimum Gasteiger partial charge on any atom is -0.481 e. The Morgan fingerprint density at radius 3 is 2.21 bits per heavy atom. The van der Waals surface area contributed by atoms with E-state index in [2.05, 4.69) is 16.0 Å². The predicted octanol–water partition coefficient (Wildman–Crippen LogP) is -0.121. The Kier molecular flexibility index (Phi) is 16.1. The minimum absolute atomic E-state index is 0.00313. The van der Waals surface area contributed by atoms with Crippen molar-refractivity contribution in [2.45, 2.75) is 96.7 Å². The zero-order valence-electron chi connectivity index (χ0n) is 40.7. The number of aryl methyl sites for hydroxylation is 1. The number of likely N-dealkylation sites (N-methyl/N-ethyl adjacent to an activating group) is 4. The number of hydrogen-bond acceptors (Lipinski definition) is 14. The molecule has 0 unspecified atom stereocenters. The fraction of sp³-hybridized carbons (Fsp3) is 0.521. The van der Waals surface area contributed by atoms with Gasteiger partial charge in [-0.2, -0.15) is 0 Å². The molecule has 3 aromatic rings. The summed E-state index contributed by atoms with van der Waals surface area (Å²) in [5.74, 6) is -8.11. The average Bonchev–Trinajstić information content (AvgIpc) is 3.96. The lowest BCUT2D eigenvalue weighted by Crippen LogP contribution is -2.58. The van der Waals surface area contributed by atoms with E-state index in [9.17, 15) is 53.1 Å². The van der Waals surface area contributed by atoms with Gasteiger partial charge >= 0.3 is 17.9 Å². The van der Waals surface area contributed by atoms with Gasteiger partial charge in [-0.15, -0.1) is 0 Å². The molecule has 6 amide bonds. The van der Waals surface area contributed by atoms with E-state index < -0.39 is 102 Å². The summed E-state index contributed by atoms with van der Waals surface area (Å²) in [5.41, 5.74) is 1.47. The largest absolute Gasteiger partial charge is 0.481 e. The first-order valence-corrected chi connectivity index (χ1v) is 23.2. The van der Waals surface area contributed by atoms with Gasteiger partial charge in [0.2, 0.25) is 41.0 Å². The fourth-order valence-corrected chi connectivity index (χ4v) is 9.19. The molecule has 0 saturated carbocycles. The second-order valence-electron chi connectivity index (χ2n) is 18.2. The zero-order chi connectivity index (χ0) is 51.4. The quantitative estimate of drug-likeness (QED) is 0.0892. The minimum atomic E-state index is -2.08. The van der Waals surface area contributed by atoms with Crippen molar-refractivity contribution in [1.82, 2.24) is 45.1 Å². The van der Waals surface area contributed by atoms with Crippen LogP contribution in [0.2, 0.25) is 0 Å². The SMILES string of the molecule is CCc1c2c(nc3ccccc13)-c1cc3c(c(=O)n1C2)COC(=O)[C@@]3(CC)OC(=O)[C@@H](NC(=O)[C@@H]1CCCN1C(=O)[C@H](CC(=O)O)NC(=O)CN(C)C(=O)CN(C)C(=O)CN(C)C(=O)CNC)C(C)C. The molecule has 3 aliphatic rings. The van der Waals surface area contributed by atoms with Gasteiger partial charge in [0, 0.05) is 44.2 Å². The van der Waals surface area contributed by atoms with Crippen molar-refractivity contribution < 1.29 is 57.7 Å². The highest BCUT2D eigenvalue weighted by Crippen LogP contribution is 2.42. The van der Waals surface area contributed by atoms with Gasteiger partial charge in [0.05, 0.1) is 61.6 Å². The summed E-state index contributed by atoms with van der Waals surface area (Å²) in [5, 5.41) is 18.4. The van der Waals surface area contributed by atoms with Gasteiger partial charge in [-0.1, -0.05) is 45.9 Å². The smallest absolute Gasteiger partial charge is 0.355 e. The average molecular weight is 972 g/mol. The van der Waals surface area contributed by atoms with Crippen LogP contribution in [0, 0.1) is 5.92 Å². The van der Waals surface area contributed by atoms with Crippen molar-refractivity contribution >= 4 is 64.3 Å². The first-order valence-electron chi connectivity index (χ1n) is 23.2. The monoisotopic (exact) mass is 971 g/mol. The summed E-state index contributed by atoms with van der Waals surface area (Å²) in [7, 11) is 5.64. The van der Waals surface area contributed by atoms with Crippen molar-refractivity contribution in [3.8, 4) is 11.4 Å². The number of carbonyl (C=O) groups is 9. The molecule has 1 saturated heterocycles. The molecule has 6 rings (SSSR count). The van der Waals surface area contributed by atoms with Crippen LogP contribution in [0.4, 0.5) is 0 Å². The Bertz CT molecular complexity index is 2680. The molecular formula is C48H61N9O13. The molecule has 4 atom stereocenters. The van der Waals surface area contributed by atoms with Crippen molar-refractivity contribution in [3.05, 3.63) is 62.9 Å². The summed E-state index contributed by atoms with van der Waals surface area (Å²) < 4.78 is 13.3. The highest BCUT2D eigenvalue weighted by atomic mass is 16.6. The molecule has 4 N–H and O–H groups in total. The lowest BCUT2D eigenvalue weighted by Gasteiger charge is -2.37. The van der Waals surface area contributed by atoms with Gasteiger partial charge in [-0.3, -0.25) is 38.4 Å². The van der Waals surface area contributed by atoms with Crippen LogP contribution < -0.4 is 21.5 Å². The first kappa shape index (κ1) is 52.1. The highest BCUT2D eigenvalue weighted by molar-refractivity contribution is 5.97. The molecule has 0 spiro atoms. The van der Waals surface area contributed by atoms with Gasteiger partial charge < -0.3 is 54.7 Å². The number of carbonyl (C=O) groups excluding carboxylic acids is 8. The van der Waals surface area contributed by atoms with Crippen molar-refractivity contribution in [3.63, 3.8) is 0 Å². The summed E-state index contributed by atoms with van der Waals surface area (Å²) in [6, 6.07) is 5.07. The summed E-state index contributed by atoms with van der Waals surface area (Å²) >= 11 is 0. The molecule has 0 radical (unpaired) electrons. The van der Waals surface area contributed by atoms with Gasteiger partial charge in [0.1, 0.15) is 24.7 Å². The standard InChI is InChI=1S/C48H61N9O13/c1-9-27-28-14-11-12-15-32(28)51-42-29(27)21-57-35(42)18-31-30(44(57)65)25-69-47(68)48(31,10-2)70-46(67)41(26(3)4)52-43(64)34-16-13-17-56(34)45(66)33(19-40(62)63)50-36(58)22-53(6)38(60)24-55(8)39(61)23-54(7)37(59)20-49-5/h11-12,14-15,18,26,33-34,41,49H,9-10,13,16-17,19-25H2,1-8H3,(H,50,58)(H,52,64)(H,62,63)/t33-,34-,41-,48-/m0/s1. The predicted molar refractivity (Wildman–Crippen MR) is 250 cm³/mol. The van der Waals surface area contributed by atoms with Crippen LogP contribution in [0.1, 0.15) is 75.6 Å². The Labute approximate surface area is 404 Å². The van der Waals surface area contributed by atoms with E-state index in [1.54, 1.807) is 38.5 Å². The molecule has 1 fully saturated rings. The number of hydrogen-bond donors (Lipinski definition) is 4. The van der Waals surface area contributed by atoms with Crippen LogP contribution >= 0.6 is 0 Å². The highest BCUT2D eigenvalue weighted by Gasteiger charge is 2.52. The van der Waals surface area contributed by atoms with E-state index in [0.29, 0.717) is 24.2 Å². The number of esters is 2. The number of carboxylic acid groups (broad SMARTS) is 1. The third-order valence-electron chi connectivity index (χ3n) is 13.1. The van der Waals surface area contributed by atoms with E-state index in [0.717, 1.165) is 36.7 Å². The molecule has 0 aliphatic carbocycles. The fourth-order valence-electron chi connectivity index (χ4n) is 9.19. The maximum Gasteiger partial charge on any atom is 0.355 e. The van der Waals surface area contributed by atoms with Crippen LogP contribution in [-0.2, 0) is 77.8 Å². The Balaban J connectivity index is 1.15. The lowest BCUT2D eigenvalue weighted by atomic mass is 9.85. The van der Waals surface area contributed by atoms with Crippen molar-refractivity contribution in [2.75, 3.05) is 60.9 Å². The molecule has 1 aromatic carbocycles. The number of aromatic nitrogens is 2. The third-order valence-corrected chi connectivity index (χ3v) is 13.1. The lowest BCUT2D eigenvalue weighted by molar-refractivity contribution is -0.191. The maximum absolute atomic E-state index is 14.4. The number of amides is 6. The van der Waals surface area contributed by atoms with Crippen LogP contribution in [0.3, 0.4) is 0 Å². The number of likely N-dealkylation sites (tertiary alicyclic amines) is 1. The second-order valence-corrected chi connectivity index (χ2v) is 18.2. The van der Waals surface area contributed by atoms with Gasteiger partial charge in [0.15, 0.2) is 0 Å². The number of ether oxygens (including phenoxy) is 2. The van der Waals surface area contributed by atoms with E-state index in [-0.39, 0.29) is 62.7 Å². The van der Waals surface area contributed by atoms with Crippen LogP contribution in [0.5, 0.6) is 0 Å². The van der Waals surface area contributed by atoms with Crippen LogP contribution in [0.25, 0.3) is 22.3 Å². The van der Waals surface area contributed by atoms with Crippen LogP contribution in [0.15, 0.2) is 35.1 Å². The molecule has 22 nitrogen and oxygen atoms in total. The molecule has 3 aliphatic heterocycles. The summed E-state index contributed by atoms with van der Waals surface area (Å²) in [4.78, 5) is 143. The molecule has 376 valence electrons. The number of benzene rings is 1. The molecule has 70 heavy (non-hydrogen) atoms. The molecular weight excluding hydrogens is 911 g/mol. The zero-order valence-corrected chi connectivity index (χ0v) is 40.7. The topological polar surface area (TPSA) is 276 Å². The molecule has 2 aromatic heterocycles. The van der Waals surface area contributed by atoms with E-state index in [1.165, 1.54) is 26.0 Å². The number of rotatable bonds is 19. The number of pyridine rings is 2. The van der Waals surface area contributed by atoms with Crippen molar-refractivity contribution in [1.29, 1.82) is 0 Å². The number of nitrogens with zero attached hydrogens (tertiary/aromatic N) is 6. The van der Waals surface area contributed by atoms with Gasteiger partial charge in [0.25, 0.3) is 5.56 Å². The van der Waals surface area contributed by atoms with Gasteiger partial charge in [-0.25, -0.2) is 14.6 Å². The third kappa shape index (κ3) is 10.5. The summed E-state index contributed by atoms with van der Waals surface area (Å²) in [6.07, 6.45) is 0.103. The van der Waals surface area contributed by atoms with E-state index >= 15 is 0 Å². The maximum atomic E-state index is 14.4. The number of nitrogens with one attached hydrogen (secondary N) is 3. The molecule has 0 bridgehead atoms. The number of fused-ring (bicyclic) bond motifs is 5. The normalized spacial score (nSPS) is 17.6. The van der Waals surface area contributed by atoms with Crippen LogP contribution in [-0.4, -0.2) is 167 Å². The Hall–Kier alpha value is -7.23. The number of aliphatic carboxylic acids is 1. The van der Waals surface area contributed by atoms with E-state index in [1.807, 2.05) is 31.2 Å². The summed E-state index contributed by atoms with van der Waals surface area (Å²) in [6.45, 7) is 5.44. The number of carboxylic acids is 1. The molecule has 22 heteroatoms. The molecule has 5 heterocycles. The second kappa shape index (κ2) is 21.6. The number of para-hydroxylation sites is 1. The Morgan fingerprint density at radius 2 is 1.59 bits per heavy atom.